The zero-order valence-electron chi connectivity index (χ0n) is 17.2. The highest BCUT2D eigenvalue weighted by Gasteiger charge is 2.91. The van der Waals surface area contributed by atoms with Crippen LogP contribution in [-0.4, -0.2) is 98.8 Å². The second-order valence-corrected chi connectivity index (χ2v) is 9.42. The van der Waals surface area contributed by atoms with Crippen LogP contribution in [0.1, 0.15) is 5.56 Å². The molecule has 0 spiro atoms. The number of alkyl halides is 2. The quantitative estimate of drug-likeness (QED) is 0.0690. The maximum Gasteiger partial charge on any atom is 0.395 e. The molecule has 1 fully saturated rings. The van der Waals surface area contributed by atoms with E-state index in [4.69, 9.17) is 5.11 Å². The SMILES string of the molecule is O=C(O)C(F)(F)Sc1nnc(Br)n1-c1c(O)c(O)c(C2(O)C(O)(O)C2(O)O)c2c(O)c(O)c(O)c(O)c12. The van der Waals surface area contributed by atoms with Gasteiger partial charge in [-0.3, -0.25) is 4.57 Å². The molecule has 0 aliphatic heterocycles. The molecule has 16 nitrogen and oxygen atoms in total. The van der Waals surface area contributed by atoms with E-state index in [1.54, 1.807) is 0 Å². The lowest BCUT2D eigenvalue weighted by Crippen LogP contribution is -2.24. The summed E-state index contributed by atoms with van der Waals surface area (Å²) in [6.45, 7) is 0. The standard InChI is InChI=1S/C17H12BrF2N3O13S/c18-12-21-22-13(37-15(19,20)11(30)31)23(12)4-2-1(5(24)9(28)10(29)6(2)25)3(7(26)8(4)27)14(32)16(33,34)17(14,35)36/h24-29,32-36H,(H,30,31). The molecule has 0 amide bonds. The Kier molecular flexibility index (Phi) is 5.45. The number of carboxylic acid groups (broad SMARTS) is 1. The van der Waals surface area contributed by atoms with E-state index in [1.165, 1.54) is 0 Å². The number of fused-ring (bicyclic) bond motifs is 1. The number of carbonyl (C=O) groups is 1. The van der Waals surface area contributed by atoms with Crippen LogP contribution in [0.2, 0.25) is 0 Å². The van der Waals surface area contributed by atoms with Crippen molar-refractivity contribution in [3.8, 4) is 40.2 Å². The second-order valence-electron chi connectivity index (χ2n) is 7.63. The van der Waals surface area contributed by atoms with Gasteiger partial charge in [0.25, 0.3) is 11.6 Å². The summed E-state index contributed by atoms with van der Waals surface area (Å²) in [5.41, 5.74) is -6.42. The molecule has 1 aliphatic carbocycles. The molecule has 0 atom stereocenters. The number of aliphatic carboxylic acids is 1. The number of hydrogen-bond acceptors (Lipinski definition) is 15. The van der Waals surface area contributed by atoms with Gasteiger partial charge < -0.3 is 61.3 Å². The Morgan fingerprint density at radius 3 is 1.76 bits per heavy atom. The number of aliphatic hydroxyl groups is 5. The fraction of sp³-hybridized carbons (Fsp3) is 0.235. The third-order valence-electron chi connectivity index (χ3n) is 5.65. The Balaban J connectivity index is 2.23. The minimum atomic E-state index is -4.58. The molecule has 2 aromatic carbocycles. The van der Waals surface area contributed by atoms with Gasteiger partial charge in [0.15, 0.2) is 23.0 Å². The molecular formula is C17H12BrF2N3O13S. The average molecular weight is 616 g/mol. The summed E-state index contributed by atoms with van der Waals surface area (Å²) in [6, 6.07) is 0. The van der Waals surface area contributed by atoms with Crippen LogP contribution in [0.15, 0.2) is 9.89 Å². The molecular weight excluding hydrogens is 604 g/mol. The highest BCUT2D eigenvalue weighted by atomic mass is 79.9. The van der Waals surface area contributed by atoms with Crippen molar-refractivity contribution >= 4 is 44.4 Å². The van der Waals surface area contributed by atoms with Gasteiger partial charge in [-0.05, 0) is 15.9 Å². The molecule has 4 rings (SSSR count). The minimum absolute atomic E-state index is 0.325. The van der Waals surface area contributed by atoms with Crippen molar-refractivity contribution in [2.24, 2.45) is 0 Å². The number of halogens is 3. The number of carboxylic acids is 1. The lowest BCUT2D eigenvalue weighted by molar-refractivity contribution is -0.207. The Morgan fingerprint density at radius 1 is 0.811 bits per heavy atom. The molecule has 0 radical (unpaired) electrons. The highest BCUT2D eigenvalue weighted by molar-refractivity contribution is 9.10. The van der Waals surface area contributed by atoms with E-state index >= 15 is 0 Å². The molecule has 0 saturated heterocycles. The summed E-state index contributed by atoms with van der Waals surface area (Å²) < 4.78 is 27.6. The van der Waals surface area contributed by atoms with Crippen molar-refractivity contribution in [1.82, 2.24) is 14.8 Å². The Labute approximate surface area is 212 Å². The summed E-state index contributed by atoms with van der Waals surface area (Å²) in [6.07, 6.45) is 0. The summed E-state index contributed by atoms with van der Waals surface area (Å²) in [7, 11) is 0. The molecule has 1 saturated carbocycles. The van der Waals surface area contributed by atoms with Gasteiger partial charge in [-0.15, -0.1) is 10.2 Å². The fourth-order valence-corrected chi connectivity index (χ4v) is 4.91. The predicted octanol–water partition coefficient (Wildman–Crippen LogP) is -1.25. The number of rotatable bonds is 5. The topological polar surface area (TPSA) is 291 Å². The number of hydrogen-bond donors (Lipinski definition) is 12. The number of phenolic OH excluding ortho intramolecular Hbond substituents is 6. The van der Waals surface area contributed by atoms with E-state index in [0.717, 1.165) is 0 Å². The van der Waals surface area contributed by atoms with E-state index in [-0.39, 0.29) is 0 Å². The summed E-state index contributed by atoms with van der Waals surface area (Å²) in [4.78, 5) is 10.9. The van der Waals surface area contributed by atoms with Gasteiger partial charge in [0.2, 0.25) is 27.0 Å². The predicted molar refractivity (Wildman–Crippen MR) is 113 cm³/mol. The third kappa shape index (κ3) is 3.08. The van der Waals surface area contributed by atoms with Gasteiger partial charge in [-0.2, -0.15) is 8.78 Å². The average Bonchev–Trinajstić information content (AvgIpc) is 3.02. The first kappa shape index (κ1) is 26.7. The Hall–Kier alpha value is -3.40. The van der Waals surface area contributed by atoms with Gasteiger partial charge in [-0.25, -0.2) is 4.79 Å². The number of benzene rings is 2. The van der Waals surface area contributed by atoms with E-state index in [9.17, 15) is 69.7 Å². The molecule has 1 aliphatic rings. The van der Waals surface area contributed by atoms with Crippen LogP contribution in [0.4, 0.5) is 8.78 Å². The van der Waals surface area contributed by atoms with Crippen molar-refractivity contribution in [3.05, 3.63) is 10.3 Å². The van der Waals surface area contributed by atoms with Crippen molar-refractivity contribution in [1.29, 1.82) is 0 Å². The minimum Gasteiger partial charge on any atom is -0.504 e. The first-order valence-electron chi connectivity index (χ1n) is 9.18. The van der Waals surface area contributed by atoms with Gasteiger partial charge in [0.1, 0.15) is 5.69 Å². The van der Waals surface area contributed by atoms with Crippen molar-refractivity contribution in [2.75, 3.05) is 0 Å². The normalized spacial score (nSPS) is 17.7. The number of aromatic hydroxyl groups is 6. The summed E-state index contributed by atoms with van der Waals surface area (Å²) >= 11 is 1.98. The molecule has 12 N–H and O–H groups in total. The molecule has 3 aromatic rings. The lowest BCUT2D eigenvalue weighted by atomic mass is 9.92. The van der Waals surface area contributed by atoms with Crippen LogP contribution < -0.4 is 0 Å². The zero-order chi connectivity index (χ0) is 28.2. The fourth-order valence-electron chi connectivity index (χ4n) is 3.71. The largest absolute Gasteiger partial charge is 0.504 e. The lowest BCUT2D eigenvalue weighted by Gasteiger charge is -2.23. The van der Waals surface area contributed by atoms with Crippen molar-refractivity contribution in [2.45, 2.75) is 27.6 Å². The highest BCUT2D eigenvalue weighted by Crippen LogP contribution is 2.68. The number of nitrogens with zero attached hydrogens (tertiary/aromatic N) is 3. The molecule has 200 valence electrons. The van der Waals surface area contributed by atoms with Crippen LogP contribution >= 0.6 is 27.7 Å². The number of phenols is 6. The van der Waals surface area contributed by atoms with Gasteiger partial charge in [-0.1, -0.05) is 0 Å². The second kappa shape index (κ2) is 7.56. The maximum absolute atomic E-state index is 13.9. The molecule has 37 heavy (non-hydrogen) atoms. The van der Waals surface area contributed by atoms with Gasteiger partial charge >= 0.3 is 11.2 Å². The van der Waals surface area contributed by atoms with Crippen LogP contribution in [0.5, 0.6) is 34.5 Å². The van der Waals surface area contributed by atoms with Gasteiger partial charge in [0.05, 0.1) is 10.9 Å². The number of thioether (sulfide) groups is 1. The molecule has 1 heterocycles. The number of aromatic nitrogens is 3. The molecule has 20 heteroatoms. The van der Waals surface area contributed by atoms with E-state index in [2.05, 4.69) is 26.1 Å². The van der Waals surface area contributed by atoms with Crippen molar-refractivity contribution in [3.63, 3.8) is 0 Å². The molecule has 0 unspecified atom stereocenters. The van der Waals surface area contributed by atoms with E-state index < -0.39 is 107 Å². The maximum atomic E-state index is 13.9. The van der Waals surface area contributed by atoms with Crippen LogP contribution in [0.3, 0.4) is 0 Å². The molecule has 1 aromatic heterocycles. The first-order valence-corrected chi connectivity index (χ1v) is 10.8. The third-order valence-corrected chi connectivity index (χ3v) is 7.04. The summed E-state index contributed by atoms with van der Waals surface area (Å²) in [5.74, 6) is -19.9. The Bertz CT molecular complexity index is 1510. The van der Waals surface area contributed by atoms with Crippen LogP contribution in [-0.2, 0) is 10.4 Å². The summed E-state index contributed by atoms with van der Waals surface area (Å²) in [5, 5.41) is 120. The van der Waals surface area contributed by atoms with E-state index in [1.807, 2.05) is 0 Å². The van der Waals surface area contributed by atoms with E-state index in [0.29, 0.717) is 4.57 Å². The first-order chi connectivity index (χ1) is 16.8. The van der Waals surface area contributed by atoms with Gasteiger partial charge in [0, 0.05) is 17.1 Å². The molecule has 0 bridgehead atoms. The monoisotopic (exact) mass is 615 g/mol. The smallest absolute Gasteiger partial charge is 0.395 e. The van der Waals surface area contributed by atoms with Crippen LogP contribution in [0.25, 0.3) is 16.5 Å². The van der Waals surface area contributed by atoms with Crippen molar-refractivity contribution < 1.29 is 74.9 Å². The zero-order valence-corrected chi connectivity index (χ0v) is 19.6. The Morgan fingerprint density at radius 2 is 1.30 bits per heavy atom. The van der Waals surface area contributed by atoms with Crippen LogP contribution in [0, 0.1) is 0 Å².